The number of esters is 1. The summed E-state index contributed by atoms with van der Waals surface area (Å²) in [6.45, 7) is 6.58. The van der Waals surface area contributed by atoms with Gasteiger partial charge in [-0.05, 0) is 27.7 Å². The van der Waals surface area contributed by atoms with E-state index in [2.05, 4.69) is 5.32 Å². The summed E-state index contributed by atoms with van der Waals surface area (Å²) in [5.74, 6) is -0.839. The summed E-state index contributed by atoms with van der Waals surface area (Å²) < 4.78 is 36.7. The minimum Gasteiger partial charge on any atom is -0.464 e. The van der Waals surface area contributed by atoms with Crippen LogP contribution in [-0.2, 0) is 14.3 Å². The summed E-state index contributed by atoms with van der Waals surface area (Å²) >= 11 is 0. The molecule has 0 bridgehead atoms. The van der Waals surface area contributed by atoms with Crippen LogP contribution in [0.15, 0.2) is 0 Å². The summed E-state index contributed by atoms with van der Waals surface area (Å²) in [6, 6.07) is 0. The Hall–Kier alpha value is -1.40. The third kappa shape index (κ3) is 4.05. The highest BCUT2D eigenvalue weighted by Crippen LogP contribution is 2.35. The van der Waals surface area contributed by atoms with Crippen molar-refractivity contribution in [1.29, 1.82) is 0 Å². The maximum atomic E-state index is 13.4. The monoisotopic (exact) mass is 293 g/mol. The van der Waals surface area contributed by atoms with Crippen molar-refractivity contribution in [2.75, 3.05) is 6.61 Å². The van der Waals surface area contributed by atoms with E-state index in [-0.39, 0.29) is 6.61 Å². The van der Waals surface area contributed by atoms with Gasteiger partial charge in [0.25, 0.3) is 0 Å². The number of carbonyl (C=O) groups excluding carboxylic acids is 2. The molecule has 116 valence electrons. The van der Waals surface area contributed by atoms with Crippen LogP contribution in [0.25, 0.3) is 0 Å². The molecule has 0 aromatic rings. The zero-order valence-electron chi connectivity index (χ0n) is 12.2. The van der Waals surface area contributed by atoms with Crippen LogP contribution >= 0.6 is 0 Å². The molecule has 1 N–H and O–H groups in total. The molecule has 1 saturated carbocycles. The van der Waals surface area contributed by atoms with Gasteiger partial charge >= 0.3 is 12.1 Å². The van der Waals surface area contributed by atoms with Crippen molar-refractivity contribution in [3.05, 3.63) is 0 Å². The van der Waals surface area contributed by atoms with E-state index in [1.807, 2.05) is 0 Å². The minimum atomic E-state index is -1.81. The second-order valence-corrected chi connectivity index (χ2v) is 5.87. The number of alkyl halides is 2. The Labute approximate surface area is 117 Å². The smallest absolute Gasteiger partial charge is 0.408 e. The molecule has 1 aliphatic rings. The maximum absolute atomic E-state index is 13.4. The van der Waals surface area contributed by atoms with Gasteiger partial charge in [-0.1, -0.05) is 0 Å². The highest BCUT2D eigenvalue weighted by atomic mass is 19.2. The number of ether oxygens (including phenoxy) is 2. The van der Waals surface area contributed by atoms with Crippen molar-refractivity contribution in [2.24, 2.45) is 0 Å². The van der Waals surface area contributed by atoms with Crippen LogP contribution in [0.4, 0.5) is 13.6 Å². The van der Waals surface area contributed by atoms with E-state index >= 15 is 0 Å². The van der Waals surface area contributed by atoms with Gasteiger partial charge in [-0.15, -0.1) is 0 Å². The minimum absolute atomic E-state index is 0.0600. The van der Waals surface area contributed by atoms with Crippen LogP contribution in [0.5, 0.6) is 0 Å². The Morgan fingerprint density at radius 1 is 1.25 bits per heavy atom. The molecule has 0 heterocycles. The van der Waals surface area contributed by atoms with E-state index in [0.29, 0.717) is 0 Å². The summed E-state index contributed by atoms with van der Waals surface area (Å²) in [6.07, 6.45) is -5.42. The molecular weight excluding hydrogens is 272 g/mol. The van der Waals surface area contributed by atoms with Gasteiger partial charge in [0.1, 0.15) is 23.5 Å². The van der Waals surface area contributed by atoms with Gasteiger partial charge in [-0.25, -0.2) is 18.4 Å². The van der Waals surface area contributed by atoms with E-state index in [1.54, 1.807) is 27.7 Å². The van der Waals surface area contributed by atoms with Gasteiger partial charge in [0.05, 0.1) is 6.61 Å². The first-order valence-corrected chi connectivity index (χ1v) is 6.56. The number of hydrogen-bond donors (Lipinski definition) is 1. The molecule has 2 unspecified atom stereocenters. The van der Waals surface area contributed by atoms with Crippen molar-refractivity contribution in [3.63, 3.8) is 0 Å². The van der Waals surface area contributed by atoms with E-state index in [9.17, 15) is 18.4 Å². The molecule has 0 aromatic heterocycles. The lowest BCUT2D eigenvalue weighted by molar-refractivity contribution is -0.151. The van der Waals surface area contributed by atoms with Crippen LogP contribution in [0.1, 0.15) is 40.5 Å². The van der Waals surface area contributed by atoms with Gasteiger partial charge in [0.2, 0.25) is 0 Å². The first-order valence-electron chi connectivity index (χ1n) is 6.56. The summed E-state index contributed by atoms with van der Waals surface area (Å²) in [5.41, 5.74) is -2.47. The molecule has 20 heavy (non-hydrogen) atoms. The largest absolute Gasteiger partial charge is 0.464 e. The molecule has 1 aliphatic carbocycles. The molecule has 2 atom stereocenters. The molecule has 5 nitrogen and oxygen atoms in total. The van der Waals surface area contributed by atoms with Gasteiger partial charge in [0, 0.05) is 12.8 Å². The Morgan fingerprint density at radius 2 is 1.75 bits per heavy atom. The maximum Gasteiger partial charge on any atom is 0.408 e. The van der Waals surface area contributed by atoms with Crippen LogP contribution in [0.2, 0.25) is 0 Å². The summed E-state index contributed by atoms with van der Waals surface area (Å²) in [4.78, 5) is 23.7. The summed E-state index contributed by atoms with van der Waals surface area (Å²) in [5, 5.41) is 2.28. The van der Waals surface area contributed by atoms with E-state index in [1.165, 1.54) is 0 Å². The van der Waals surface area contributed by atoms with Crippen molar-refractivity contribution in [2.45, 2.75) is 64.0 Å². The molecule has 0 saturated heterocycles. The normalized spacial score (nSPS) is 29.9. The molecule has 0 aliphatic heterocycles. The third-order valence-corrected chi connectivity index (χ3v) is 2.89. The molecular formula is C13H21F2NO4. The number of carbonyl (C=O) groups is 2. The molecule has 1 amide bonds. The second-order valence-electron chi connectivity index (χ2n) is 5.87. The predicted octanol–water partition coefficient (Wildman–Crippen LogP) is 2.28. The highest BCUT2D eigenvalue weighted by Gasteiger charge is 2.54. The number of nitrogens with one attached hydrogen (secondary N) is 1. The van der Waals surface area contributed by atoms with Crippen LogP contribution in [0, 0.1) is 0 Å². The Bertz CT molecular complexity index is 371. The van der Waals surface area contributed by atoms with Gasteiger partial charge in [-0.3, -0.25) is 0 Å². The van der Waals surface area contributed by atoms with E-state index in [4.69, 9.17) is 9.47 Å². The first-order chi connectivity index (χ1) is 9.09. The fourth-order valence-corrected chi connectivity index (χ4v) is 2.09. The number of hydrogen-bond acceptors (Lipinski definition) is 4. The Balaban J connectivity index is 2.85. The fourth-order valence-electron chi connectivity index (χ4n) is 2.09. The molecule has 1 fully saturated rings. The van der Waals surface area contributed by atoms with Crippen molar-refractivity contribution < 1.29 is 27.8 Å². The third-order valence-electron chi connectivity index (χ3n) is 2.89. The lowest BCUT2D eigenvalue weighted by Gasteiger charge is -2.29. The molecule has 0 spiro atoms. The molecule has 0 aromatic carbocycles. The zero-order chi connectivity index (χ0) is 15.6. The Morgan fingerprint density at radius 3 is 2.15 bits per heavy atom. The van der Waals surface area contributed by atoms with Crippen LogP contribution in [-0.4, -0.2) is 42.2 Å². The standard InChI is InChI=1S/C13H21F2NO4/c1-5-19-10(17)13(6-8(14)9(15)7-13)16-11(18)20-12(2,3)4/h8-9H,5-7H2,1-4H3,(H,16,18). The van der Waals surface area contributed by atoms with Crippen molar-refractivity contribution in [3.8, 4) is 0 Å². The number of halogens is 2. The zero-order valence-corrected chi connectivity index (χ0v) is 12.2. The first kappa shape index (κ1) is 16.7. The second kappa shape index (κ2) is 5.93. The van der Waals surface area contributed by atoms with E-state index in [0.717, 1.165) is 0 Å². The lowest BCUT2D eigenvalue weighted by atomic mass is 9.98. The molecule has 1 rings (SSSR count). The lowest BCUT2D eigenvalue weighted by Crippen LogP contribution is -2.55. The van der Waals surface area contributed by atoms with Gasteiger partial charge in [-0.2, -0.15) is 0 Å². The average molecular weight is 293 g/mol. The quantitative estimate of drug-likeness (QED) is 0.811. The topological polar surface area (TPSA) is 64.6 Å². The van der Waals surface area contributed by atoms with Crippen molar-refractivity contribution in [1.82, 2.24) is 5.32 Å². The number of alkyl carbamates (subject to hydrolysis) is 1. The van der Waals surface area contributed by atoms with Crippen LogP contribution in [0.3, 0.4) is 0 Å². The summed E-state index contributed by atoms with van der Waals surface area (Å²) in [7, 11) is 0. The SMILES string of the molecule is CCOC(=O)C1(NC(=O)OC(C)(C)C)CC(F)C(F)C1. The van der Waals surface area contributed by atoms with Gasteiger partial charge < -0.3 is 14.8 Å². The number of rotatable bonds is 3. The van der Waals surface area contributed by atoms with Crippen LogP contribution < -0.4 is 5.32 Å². The molecule has 0 radical (unpaired) electrons. The predicted molar refractivity (Wildman–Crippen MR) is 67.8 cm³/mol. The highest BCUT2D eigenvalue weighted by molar-refractivity contribution is 5.86. The molecule has 7 heteroatoms. The van der Waals surface area contributed by atoms with Crippen molar-refractivity contribution >= 4 is 12.1 Å². The number of amides is 1. The fraction of sp³-hybridized carbons (Fsp3) is 0.846. The average Bonchev–Trinajstić information content (AvgIpc) is 2.52. The van der Waals surface area contributed by atoms with E-state index < -0.39 is 48.4 Å². The Kier molecular flexibility index (Phi) is 4.94. The van der Waals surface area contributed by atoms with Gasteiger partial charge in [0.15, 0.2) is 0 Å².